The van der Waals surface area contributed by atoms with Crippen LogP contribution in [0.5, 0.6) is 5.75 Å². The molecule has 5 amide bonds. The van der Waals surface area contributed by atoms with E-state index in [9.17, 15) is 56.1 Å². The number of hydrogen-bond donors (Lipinski definition) is 5. The van der Waals surface area contributed by atoms with Crippen LogP contribution in [-0.2, 0) is 36.6 Å². The van der Waals surface area contributed by atoms with Crippen LogP contribution in [0.1, 0.15) is 81.3 Å². The predicted octanol–water partition coefficient (Wildman–Crippen LogP) is 5.60. The van der Waals surface area contributed by atoms with Gasteiger partial charge in [-0.1, -0.05) is 28.4 Å². The Labute approximate surface area is 442 Å². The number of ether oxygens (including phenoxy) is 3. The first kappa shape index (κ1) is 53.0. The van der Waals surface area contributed by atoms with E-state index in [-0.39, 0.29) is 59.3 Å². The summed E-state index contributed by atoms with van der Waals surface area (Å²) in [6.07, 6.45) is -9.45. The van der Waals surface area contributed by atoms with E-state index in [4.69, 9.17) is 37.4 Å². The van der Waals surface area contributed by atoms with Gasteiger partial charge in [0.15, 0.2) is 5.82 Å². The number of fused-ring (bicyclic) bond motifs is 1. The first-order chi connectivity index (χ1) is 36.7. The highest BCUT2D eigenvalue weighted by molar-refractivity contribution is 6.31. The Morgan fingerprint density at radius 2 is 1.73 bits per heavy atom. The minimum atomic E-state index is -4.91. The van der Waals surface area contributed by atoms with E-state index in [1.807, 2.05) is 0 Å². The number of piperidine rings is 1. The number of nitrogens with zero attached hydrogens (tertiary/aromatic N) is 7. The molecule has 2 aromatic heterocycles. The molecule has 5 heterocycles. The number of aliphatic hydroxyl groups excluding tert-OH is 2. The lowest BCUT2D eigenvalue weighted by molar-refractivity contribution is -0.223. The number of aryl methyl sites for hydroxylation is 1. The number of rotatable bonds is 14. The zero-order valence-electron chi connectivity index (χ0n) is 40.0. The largest absolute Gasteiger partial charge is 0.490 e. The normalized spacial score (nSPS) is 23.3. The molecular weight excluding hydrogens is 1070 g/mol. The SMILES string of the molecule is Cc1nc([C@@H]2O[C@H](CO)[C@H](O)[C@H](n3cc(-c4cc(F)c(Cl)c(F)c4)nn3)[C@H]2OCC(=O)N[C@H]2C[C@H](Oc3ccc(C(=O)Nc4ccc5c(c4)CN(C4CCC(=O)NC4=O)C5=O)cc3)C2)n(-c2cc(Cl)ccc2C(F)(F)F)n1. The van der Waals surface area contributed by atoms with Gasteiger partial charge in [-0.2, -0.15) is 18.3 Å². The number of aromatic nitrogens is 6. The Morgan fingerprint density at radius 1 is 0.987 bits per heavy atom. The summed E-state index contributed by atoms with van der Waals surface area (Å²) in [7, 11) is 0. The van der Waals surface area contributed by atoms with Gasteiger partial charge in [0.1, 0.15) is 83.1 Å². The van der Waals surface area contributed by atoms with Crippen molar-refractivity contribution in [1.82, 2.24) is 45.3 Å². The van der Waals surface area contributed by atoms with E-state index in [1.54, 1.807) is 42.5 Å². The summed E-state index contributed by atoms with van der Waals surface area (Å²) >= 11 is 11.9. The second-order valence-corrected chi connectivity index (χ2v) is 19.5. The van der Waals surface area contributed by atoms with Crippen LogP contribution in [-0.4, -0.2) is 124 Å². The molecule has 4 aliphatic rings. The Balaban J connectivity index is 0.806. The lowest BCUT2D eigenvalue weighted by Gasteiger charge is -2.43. The Morgan fingerprint density at radius 3 is 2.43 bits per heavy atom. The number of hydrogen-bond acceptors (Lipinski definition) is 14. The number of amides is 5. The summed E-state index contributed by atoms with van der Waals surface area (Å²) in [5.74, 6) is -4.50. The number of nitrogens with one attached hydrogen (secondary N) is 3. The van der Waals surface area contributed by atoms with Crippen LogP contribution in [0.4, 0.5) is 27.6 Å². The second-order valence-electron chi connectivity index (χ2n) is 18.7. The van der Waals surface area contributed by atoms with E-state index in [0.717, 1.165) is 39.7 Å². The summed E-state index contributed by atoms with van der Waals surface area (Å²) in [5, 5.41) is 41.6. The van der Waals surface area contributed by atoms with Crippen LogP contribution in [0.3, 0.4) is 0 Å². The van der Waals surface area contributed by atoms with Crippen molar-refractivity contribution in [2.45, 2.75) is 94.0 Å². The standard InChI is InChI=1S/C50H43Cl2F5N10O10/c1-22-58-46(67(63-22)37-15-26(51)4-9-32(37)50(55,56)57)45-44(42(43(71)38(20-68)77-45)66-19-35(62-64-66)24-13-33(53)41(52)34(54)14-24)75-21-40(70)59-28-16-30(17-28)76-29-6-2-23(3-7-29)47(72)60-27-5-8-31-25(12-27)18-65(49(31)74)36-10-11-39(69)61-48(36)73/h2-9,12-15,19,28,30,36,38,42-45,68,71H,10-11,16-18,20-21H2,1H3,(H,59,70)(H,60,72)(H,61,69,73)/t28-,30-,36?,38-,42+,43+,44-,45-/m1/s1. The predicted molar refractivity (Wildman–Crippen MR) is 258 cm³/mol. The fourth-order valence-corrected chi connectivity index (χ4v) is 9.99. The molecule has 1 saturated carbocycles. The fourth-order valence-electron chi connectivity index (χ4n) is 9.72. The summed E-state index contributed by atoms with van der Waals surface area (Å²) in [6, 6.07) is 13.1. The molecule has 402 valence electrons. The van der Waals surface area contributed by atoms with Crippen molar-refractivity contribution in [3.8, 4) is 22.7 Å². The van der Waals surface area contributed by atoms with Gasteiger partial charge in [-0.05, 0) is 91.7 Å². The van der Waals surface area contributed by atoms with Crippen LogP contribution in [0, 0.1) is 18.6 Å². The summed E-state index contributed by atoms with van der Waals surface area (Å²) in [4.78, 5) is 69.8. The van der Waals surface area contributed by atoms with Crippen LogP contribution in [0.15, 0.2) is 79.0 Å². The minimum absolute atomic E-state index is 0.0375. The lowest BCUT2D eigenvalue weighted by atomic mass is 9.89. The Kier molecular flexibility index (Phi) is 14.6. The molecule has 27 heteroatoms. The van der Waals surface area contributed by atoms with Crippen molar-refractivity contribution in [1.29, 1.82) is 0 Å². The molecule has 3 fully saturated rings. The van der Waals surface area contributed by atoms with Crippen molar-refractivity contribution in [3.05, 3.63) is 135 Å². The van der Waals surface area contributed by atoms with Gasteiger partial charge in [-0.3, -0.25) is 29.3 Å². The smallest absolute Gasteiger partial charge is 0.418 e. The van der Waals surface area contributed by atoms with Crippen LogP contribution in [0.2, 0.25) is 10.0 Å². The fraction of sp³-hybridized carbons (Fsp3) is 0.340. The number of imide groups is 1. The number of carbonyl (C=O) groups is 5. The minimum Gasteiger partial charge on any atom is -0.490 e. The third-order valence-corrected chi connectivity index (χ3v) is 14.1. The first-order valence-electron chi connectivity index (χ1n) is 23.8. The van der Waals surface area contributed by atoms with Crippen LogP contribution in [0.25, 0.3) is 16.9 Å². The molecule has 3 aliphatic heterocycles. The summed E-state index contributed by atoms with van der Waals surface area (Å²) in [6.45, 7) is -0.0572. The van der Waals surface area contributed by atoms with Gasteiger partial charge in [0.25, 0.3) is 11.8 Å². The first-order valence-corrected chi connectivity index (χ1v) is 24.6. The third kappa shape index (κ3) is 10.8. The lowest BCUT2D eigenvalue weighted by Crippen LogP contribution is -2.55. The highest BCUT2D eigenvalue weighted by atomic mass is 35.5. The van der Waals surface area contributed by atoms with Crippen molar-refractivity contribution in [3.63, 3.8) is 0 Å². The zero-order valence-corrected chi connectivity index (χ0v) is 41.5. The molecular formula is C50H43Cl2F5N10O10. The molecule has 0 spiro atoms. The monoisotopic (exact) mass is 1110 g/mol. The van der Waals surface area contributed by atoms with E-state index in [2.05, 4.69) is 36.3 Å². The number of anilines is 1. The molecule has 1 unspecified atom stereocenters. The quantitative estimate of drug-likeness (QED) is 0.0506. The van der Waals surface area contributed by atoms with Gasteiger partial charge in [0, 0.05) is 59.2 Å². The van der Waals surface area contributed by atoms with E-state index < -0.39 is 113 Å². The van der Waals surface area contributed by atoms with Gasteiger partial charge >= 0.3 is 6.18 Å². The number of alkyl halides is 3. The topological polar surface area (TPSA) is 254 Å². The summed E-state index contributed by atoms with van der Waals surface area (Å²) < 4.78 is 92.9. The van der Waals surface area contributed by atoms with E-state index in [1.165, 1.54) is 18.0 Å². The van der Waals surface area contributed by atoms with Crippen molar-refractivity contribution in [2.75, 3.05) is 18.5 Å². The molecule has 20 nitrogen and oxygen atoms in total. The van der Waals surface area contributed by atoms with Gasteiger partial charge < -0.3 is 40.0 Å². The molecule has 77 heavy (non-hydrogen) atoms. The number of halogens is 7. The molecule has 5 N–H and O–H groups in total. The maximum absolute atomic E-state index is 14.6. The van der Waals surface area contributed by atoms with Gasteiger partial charge in [0.2, 0.25) is 17.7 Å². The molecule has 0 radical (unpaired) electrons. The number of benzene rings is 4. The molecule has 6 aromatic rings. The van der Waals surface area contributed by atoms with E-state index >= 15 is 0 Å². The van der Waals surface area contributed by atoms with Crippen molar-refractivity contribution < 1.29 is 70.3 Å². The molecule has 2 saturated heterocycles. The maximum atomic E-state index is 14.6. The molecule has 6 atom stereocenters. The average Bonchev–Trinajstić information content (AvgIpc) is 4.18. The van der Waals surface area contributed by atoms with Crippen LogP contribution < -0.4 is 20.7 Å². The van der Waals surface area contributed by atoms with Gasteiger partial charge in [-0.15, -0.1) is 5.10 Å². The zero-order chi connectivity index (χ0) is 54.6. The highest BCUT2D eigenvalue weighted by Crippen LogP contribution is 2.43. The molecule has 10 rings (SSSR count). The molecule has 1 aliphatic carbocycles. The van der Waals surface area contributed by atoms with Crippen molar-refractivity contribution >= 4 is 58.4 Å². The number of aliphatic hydroxyl groups is 2. The Bertz CT molecular complexity index is 3300. The maximum Gasteiger partial charge on any atom is 0.418 e. The summed E-state index contributed by atoms with van der Waals surface area (Å²) in [5.41, 5.74) is -0.202. The van der Waals surface area contributed by atoms with Crippen LogP contribution >= 0.6 is 23.2 Å². The van der Waals surface area contributed by atoms with Crippen molar-refractivity contribution in [2.24, 2.45) is 0 Å². The van der Waals surface area contributed by atoms with E-state index in [0.29, 0.717) is 41.0 Å². The highest BCUT2D eigenvalue weighted by Gasteiger charge is 2.51. The molecule has 4 aromatic carbocycles. The molecule has 0 bridgehead atoms. The third-order valence-electron chi connectivity index (χ3n) is 13.5. The second kappa shape index (κ2) is 21.2. The van der Waals surface area contributed by atoms with Gasteiger partial charge in [0.05, 0.1) is 24.1 Å². The average molecular weight is 1110 g/mol. The Hall–Kier alpha value is -7.42. The number of carbonyl (C=O) groups excluding carboxylic acids is 5. The van der Waals surface area contributed by atoms with Gasteiger partial charge in [-0.25, -0.2) is 23.1 Å².